The van der Waals surface area contributed by atoms with E-state index in [4.69, 9.17) is 0 Å². The van der Waals surface area contributed by atoms with Gasteiger partial charge in [-0.05, 0) is 80.4 Å². The van der Waals surface area contributed by atoms with Gasteiger partial charge in [0.2, 0.25) is 0 Å². The third-order valence-electron chi connectivity index (χ3n) is 7.60. The number of amides is 2. The van der Waals surface area contributed by atoms with Gasteiger partial charge < -0.3 is 15.1 Å². The predicted molar refractivity (Wildman–Crippen MR) is 115 cm³/mol. The third-order valence-corrected chi connectivity index (χ3v) is 7.60. The maximum atomic E-state index is 13.0. The number of hydrogen-bond donors (Lipinski definition) is 1. The van der Waals surface area contributed by atoms with Crippen LogP contribution >= 0.6 is 12.4 Å². The number of nitrogens with one attached hydrogen (secondary N) is 1. The summed E-state index contributed by atoms with van der Waals surface area (Å²) in [5, 5.41) is 3.35. The fourth-order valence-corrected chi connectivity index (χ4v) is 6.38. The minimum absolute atomic E-state index is 0. The van der Waals surface area contributed by atoms with E-state index in [1.165, 1.54) is 49.8 Å². The summed E-state index contributed by atoms with van der Waals surface area (Å²) >= 11 is 0. The fourth-order valence-electron chi connectivity index (χ4n) is 6.38. The van der Waals surface area contributed by atoms with E-state index in [1.54, 1.807) is 0 Å². The first kappa shape index (κ1) is 20.9. The Balaban J connectivity index is 0.00000205. The molecule has 2 amide bonds. The second-order valence-corrected chi connectivity index (χ2v) is 9.69. The van der Waals surface area contributed by atoms with Gasteiger partial charge in [0.1, 0.15) is 5.82 Å². The first-order valence-corrected chi connectivity index (χ1v) is 11.2. The molecule has 160 valence electrons. The molecular formula is C23H33ClFN3O. The lowest BCUT2D eigenvalue weighted by Crippen LogP contribution is -2.50. The van der Waals surface area contributed by atoms with Gasteiger partial charge in [0.15, 0.2) is 0 Å². The Kier molecular flexibility index (Phi) is 6.35. The van der Waals surface area contributed by atoms with E-state index < -0.39 is 0 Å². The maximum absolute atomic E-state index is 13.0. The van der Waals surface area contributed by atoms with Crippen molar-refractivity contribution < 1.29 is 9.18 Å². The van der Waals surface area contributed by atoms with Gasteiger partial charge in [-0.25, -0.2) is 9.18 Å². The smallest absolute Gasteiger partial charge is 0.317 e. The summed E-state index contributed by atoms with van der Waals surface area (Å²) in [6.07, 6.45) is 8.52. The van der Waals surface area contributed by atoms with Crippen LogP contribution in [0.5, 0.6) is 0 Å². The van der Waals surface area contributed by atoms with Crippen molar-refractivity contribution in [1.82, 2.24) is 15.1 Å². The van der Waals surface area contributed by atoms with E-state index in [0.29, 0.717) is 6.04 Å². The number of rotatable bonds is 4. The van der Waals surface area contributed by atoms with Crippen LogP contribution in [0.1, 0.15) is 44.1 Å². The van der Waals surface area contributed by atoms with Crippen molar-refractivity contribution in [2.75, 3.05) is 26.2 Å². The molecule has 3 saturated heterocycles. The Bertz CT molecular complexity index is 701. The molecule has 4 unspecified atom stereocenters. The van der Waals surface area contributed by atoms with Crippen molar-refractivity contribution >= 4 is 18.4 Å². The van der Waals surface area contributed by atoms with E-state index in [-0.39, 0.29) is 30.3 Å². The standard InChI is InChI=1S/C23H32FN3O.ClH/c24-20-3-1-16(2-4-20)5-7-26-8-6-21(15-26)25-23(28)27-14-19-10-17-9-18(11-19)13-22(27)12-17;/h1-4,17-19,21-22H,5-15H2,(H,25,28);1H/t17-,18?,19?,21?,22?;/m0./s1. The molecule has 5 aliphatic rings. The zero-order chi connectivity index (χ0) is 19.1. The first-order chi connectivity index (χ1) is 13.6. The molecule has 3 heterocycles. The molecule has 0 spiro atoms. The number of hydrogen-bond acceptors (Lipinski definition) is 2. The highest BCUT2D eigenvalue weighted by Gasteiger charge is 2.44. The number of likely N-dealkylation sites (tertiary alicyclic amines) is 1. The SMILES string of the molecule is Cl.O=C(NC1CCN(CCc2ccc(F)cc2)C1)N1CC2CC3CC1C[C@@H](C3)C2. The van der Waals surface area contributed by atoms with Crippen molar-refractivity contribution in [2.24, 2.45) is 17.8 Å². The predicted octanol–water partition coefficient (Wildman–Crippen LogP) is 4.08. The zero-order valence-corrected chi connectivity index (χ0v) is 17.9. The molecule has 5 atom stereocenters. The van der Waals surface area contributed by atoms with Gasteiger partial charge in [0, 0.05) is 38.3 Å². The molecule has 4 nitrogen and oxygen atoms in total. The number of benzene rings is 1. The summed E-state index contributed by atoms with van der Waals surface area (Å²) in [5.74, 6) is 2.29. The number of halogens is 2. The molecule has 2 aliphatic carbocycles. The molecule has 1 aromatic carbocycles. The van der Waals surface area contributed by atoms with Gasteiger partial charge in [0.05, 0.1) is 0 Å². The highest BCUT2D eigenvalue weighted by molar-refractivity contribution is 5.85. The van der Waals surface area contributed by atoms with Crippen molar-refractivity contribution in [3.63, 3.8) is 0 Å². The maximum Gasteiger partial charge on any atom is 0.317 e. The molecule has 6 rings (SSSR count). The van der Waals surface area contributed by atoms with Crippen LogP contribution in [0.4, 0.5) is 9.18 Å². The number of carbonyl (C=O) groups is 1. The van der Waals surface area contributed by atoms with Crippen LogP contribution in [0.3, 0.4) is 0 Å². The molecule has 5 fully saturated rings. The molecule has 29 heavy (non-hydrogen) atoms. The Morgan fingerprint density at radius 1 is 1.00 bits per heavy atom. The van der Waals surface area contributed by atoms with Gasteiger partial charge >= 0.3 is 6.03 Å². The summed E-state index contributed by atoms with van der Waals surface area (Å²) in [5.41, 5.74) is 1.17. The van der Waals surface area contributed by atoms with Gasteiger partial charge in [0.25, 0.3) is 0 Å². The largest absolute Gasteiger partial charge is 0.334 e. The van der Waals surface area contributed by atoms with Crippen molar-refractivity contribution in [3.05, 3.63) is 35.6 Å². The van der Waals surface area contributed by atoms with Crippen LogP contribution in [0.2, 0.25) is 0 Å². The topological polar surface area (TPSA) is 35.6 Å². The Morgan fingerprint density at radius 2 is 1.69 bits per heavy atom. The zero-order valence-electron chi connectivity index (χ0n) is 17.1. The molecular weight excluding hydrogens is 389 g/mol. The Hall–Kier alpha value is -1.33. The lowest BCUT2D eigenvalue weighted by atomic mass is 9.68. The normalized spacial score (nSPS) is 33.4. The van der Waals surface area contributed by atoms with E-state index in [2.05, 4.69) is 15.1 Å². The van der Waals surface area contributed by atoms with Crippen LogP contribution in [-0.2, 0) is 6.42 Å². The summed E-state index contributed by atoms with van der Waals surface area (Å²) < 4.78 is 13.0. The van der Waals surface area contributed by atoms with Crippen LogP contribution < -0.4 is 5.32 Å². The summed E-state index contributed by atoms with van der Waals surface area (Å²) in [6.45, 7) is 3.91. The van der Waals surface area contributed by atoms with Gasteiger partial charge in [-0.3, -0.25) is 0 Å². The molecule has 0 aromatic heterocycles. The van der Waals surface area contributed by atoms with E-state index >= 15 is 0 Å². The first-order valence-electron chi connectivity index (χ1n) is 11.2. The van der Waals surface area contributed by atoms with E-state index in [0.717, 1.165) is 56.8 Å². The minimum Gasteiger partial charge on any atom is -0.334 e. The fraction of sp³-hybridized carbons (Fsp3) is 0.696. The number of carbonyl (C=O) groups excluding carboxylic acids is 1. The number of nitrogens with zero attached hydrogens (tertiary/aromatic N) is 2. The summed E-state index contributed by atoms with van der Waals surface area (Å²) in [4.78, 5) is 17.7. The Labute approximate surface area is 179 Å². The summed E-state index contributed by atoms with van der Waals surface area (Å²) in [6, 6.07) is 7.72. The summed E-state index contributed by atoms with van der Waals surface area (Å²) in [7, 11) is 0. The lowest BCUT2D eigenvalue weighted by molar-refractivity contribution is 0.130. The van der Waals surface area contributed by atoms with Crippen LogP contribution in [0, 0.1) is 23.6 Å². The second kappa shape index (κ2) is 8.81. The highest BCUT2D eigenvalue weighted by Crippen LogP contribution is 2.47. The quantitative estimate of drug-likeness (QED) is 0.794. The van der Waals surface area contributed by atoms with Crippen LogP contribution in [0.25, 0.3) is 0 Å². The third kappa shape index (κ3) is 4.72. The molecule has 6 heteroatoms. The van der Waals surface area contributed by atoms with Crippen molar-refractivity contribution in [1.29, 1.82) is 0 Å². The number of fused-ring (bicyclic) bond motifs is 1. The average molecular weight is 422 g/mol. The minimum atomic E-state index is -0.178. The molecule has 1 aromatic rings. The van der Waals surface area contributed by atoms with Crippen molar-refractivity contribution in [3.8, 4) is 0 Å². The van der Waals surface area contributed by atoms with Gasteiger partial charge in [-0.15, -0.1) is 12.4 Å². The van der Waals surface area contributed by atoms with Crippen molar-refractivity contribution in [2.45, 2.75) is 57.0 Å². The molecule has 0 radical (unpaired) electrons. The van der Waals surface area contributed by atoms with Crippen LogP contribution in [-0.4, -0.2) is 54.1 Å². The molecule has 3 aliphatic heterocycles. The highest BCUT2D eigenvalue weighted by atomic mass is 35.5. The second-order valence-electron chi connectivity index (χ2n) is 9.69. The molecule has 4 bridgehead atoms. The van der Waals surface area contributed by atoms with Crippen LogP contribution in [0.15, 0.2) is 24.3 Å². The van der Waals surface area contributed by atoms with E-state index in [9.17, 15) is 9.18 Å². The monoisotopic (exact) mass is 421 g/mol. The molecule has 1 N–H and O–H groups in total. The average Bonchev–Trinajstić information content (AvgIpc) is 3.02. The Morgan fingerprint density at radius 3 is 2.41 bits per heavy atom. The number of urea groups is 1. The lowest BCUT2D eigenvalue weighted by Gasteiger charge is -2.39. The molecule has 2 saturated carbocycles. The van der Waals surface area contributed by atoms with Gasteiger partial charge in [-0.2, -0.15) is 0 Å². The van der Waals surface area contributed by atoms with E-state index in [1.807, 2.05) is 12.1 Å². The van der Waals surface area contributed by atoms with Gasteiger partial charge in [-0.1, -0.05) is 12.1 Å².